The molecular weight excluding hydrogens is 304 g/mol. The van der Waals surface area contributed by atoms with E-state index in [1.54, 1.807) is 12.1 Å². The van der Waals surface area contributed by atoms with Crippen LogP contribution in [0.1, 0.15) is 43.5 Å². The molecule has 1 aromatic carbocycles. The van der Waals surface area contributed by atoms with E-state index in [-0.39, 0.29) is 11.9 Å². The number of anilines is 1. The van der Waals surface area contributed by atoms with Gasteiger partial charge in [0, 0.05) is 16.2 Å². The number of amides is 1. The number of carbonyl (C=O) groups excluding carboxylic acids is 1. The minimum atomic E-state index is -0.0589. The van der Waals surface area contributed by atoms with E-state index >= 15 is 0 Å². The average molecular weight is 325 g/mol. The minimum absolute atomic E-state index is 0.0589. The van der Waals surface area contributed by atoms with Crippen LogP contribution in [0.25, 0.3) is 0 Å². The van der Waals surface area contributed by atoms with Gasteiger partial charge in [0.1, 0.15) is 0 Å². The fourth-order valence-corrected chi connectivity index (χ4v) is 3.25. The molecule has 19 heavy (non-hydrogen) atoms. The molecule has 1 amide bonds. The summed E-state index contributed by atoms with van der Waals surface area (Å²) in [7, 11) is 0. The number of hydrogen-bond donors (Lipinski definition) is 2. The van der Waals surface area contributed by atoms with Gasteiger partial charge in [-0.25, -0.2) is 0 Å². The van der Waals surface area contributed by atoms with Gasteiger partial charge in [0.15, 0.2) is 0 Å². The van der Waals surface area contributed by atoms with Gasteiger partial charge in [-0.05, 0) is 49.3 Å². The number of hydrogen-bond acceptors (Lipinski definition) is 2. The van der Waals surface area contributed by atoms with Crippen LogP contribution in [0.5, 0.6) is 0 Å². The molecule has 3 unspecified atom stereocenters. The number of halogens is 1. The van der Waals surface area contributed by atoms with Gasteiger partial charge < -0.3 is 11.1 Å². The Morgan fingerprint density at radius 3 is 2.74 bits per heavy atom. The zero-order valence-electron chi connectivity index (χ0n) is 11.4. The van der Waals surface area contributed by atoms with Crippen LogP contribution in [0, 0.1) is 11.8 Å². The van der Waals surface area contributed by atoms with Crippen molar-refractivity contribution in [1.29, 1.82) is 0 Å². The third-order valence-corrected chi connectivity index (χ3v) is 4.50. The molecule has 1 aliphatic carbocycles. The van der Waals surface area contributed by atoms with Crippen molar-refractivity contribution in [2.24, 2.45) is 11.8 Å². The predicted octanol–water partition coefficient (Wildman–Crippen LogP) is 3.59. The molecule has 3 N–H and O–H groups in total. The molecule has 2 rings (SSSR count). The lowest BCUT2D eigenvalue weighted by Crippen LogP contribution is -2.42. The fraction of sp³-hybridized carbons (Fsp3) is 0.533. The molecule has 1 aliphatic rings. The van der Waals surface area contributed by atoms with Crippen molar-refractivity contribution in [3.63, 3.8) is 0 Å². The van der Waals surface area contributed by atoms with Crippen LogP contribution in [0.3, 0.4) is 0 Å². The number of nitrogens with two attached hydrogens (primary N) is 1. The molecular formula is C15H21BrN2O. The Kier molecular flexibility index (Phi) is 4.50. The quantitative estimate of drug-likeness (QED) is 0.817. The molecule has 104 valence electrons. The van der Waals surface area contributed by atoms with E-state index in [1.807, 2.05) is 6.07 Å². The number of benzene rings is 1. The van der Waals surface area contributed by atoms with Crippen LogP contribution in [-0.2, 0) is 0 Å². The number of nitrogen functional groups attached to an aromatic ring is 1. The fourth-order valence-electron chi connectivity index (χ4n) is 2.87. The molecule has 0 radical (unpaired) electrons. The van der Waals surface area contributed by atoms with Crippen LogP contribution < -0.4 is 11.1 Å². The molecule has 0 heterocycles. The van der Waals surface area contributed by atoms with E-state index in [2.05, 4.69) is 35.1 Å². The number of nitrogens with one attached hydrogen (secondary N) is 1. The van der Waals surface area contributed by atoms with Gasteiger partial charge in [-0.1, -0.05) is 29.8 Å². The third-order valence-electron chi connectivity index (χ3n) is 4.01. The molecule has 0 saturated heterocycles. The Balaban J connectivity index is 2.04. The van der Waals surface area contributed by atoms with E-state index in [0.29, 0.717) is 17.2 Å². The maximum Gasteiger partial charge on any atom is 0.253 e. The first-order valence-corrected chi connectivity index (χ1v) is 7.62. The maximum absolute atomic E-state index is 12.3. The van der Waals surface area contributed by atoms with Crippen LogP contribution in [-0.4, -0.2) is 11.9 Å². The van der Waals surface area contributed by atoms with Gasteiger partial charge in [-0.2, -0.15) is 0 Å². The topological polar surface area (TPSA) is 55.1 Å². The predicted molar refractivity (Wildman–Crippen MR) is 82.0 cm³/mol. The molecule has 3 atom stereocenters. The summed E-state index contributed by atoms with van der Waals surface area (Å²) in [5.41, 5.74) is 6.97. The van der Waals surface area contributed by atoms with Gasteiger partial charge >= 0.3 is 0 Å². The van der Waals surface area contributed by atoms with Gasteiger partial charge in [-0.3, -0.25) is 4.79 Å². The van der Waals surface area contributed by atoms with Gasteiger partial charge in [0.05, 0.1) is 5.56 Å². The zero-order valence-corrected chi connectivity index (χ0v) is 13.0. The normalized spacial score (nSPS) is 27.0. The molecule has 3 nitrogen and oxygen atoms in total. The third kappa shape index (κ3) is 3.50. The summed E-state index contributed by atoms with van der Waals surface area (Å²) in [5.74, 6) is 1.24. The van der Waals surface area contributed by atoms with E-state index in [4.69, 9.17) is 5.73 Å². The lowest BCUT2D eigenvalue weighted by Gasteiger charge is -2.33. The summed E-state index contributed by atoms with van der Waals surface area (Å²) >= 11 is 3.35. The van der Waals surface area contributed by atoms with Crippen molar-refractivity contribution in [3.05, 3.63) is 28.2 Å². The molecule has 1 saturated carbocycles. The molecule has 0 aromatic heterocycles. The smallest absolute Gasteiger partial charge is 0.253 e. The van der Waals surface area contributed by atoms with E-state index < -0.39 is 0 Å². The second kappa shape index (κ2) is 5.95. The van der Waals surface area contributed by atoms with E-state index in [1.165, 1.54) is 12.8 Å². The zero-order chi connectivity index (χ0) is 14.0. The first-order valence-electron chi connectivity index (χ1n) is 6.83. The van der Waals surface area contributed by atoms with Crippen molar-refractivity contribution in [1.82, 2.24) is 5.32 Å². The Hall–Kier alpha value is -1.03. The summed E-state index contributed by atoms with van der Waals surface area (Å²) in [6.07, 6.45) is 3.43. The van der Waals surface area contributed by atoms with Gasteiger partial charge in [0.2, 0.25) is 0 Å². The summed E-state index contributed by atoms with van der Waals surface area (Å²) in [6, 6.07) is 5.65. The van der Waals surface area contributed by atoms with Gasteiger partial charge in [0.25, 0.3) is 5.91 Å². The highest BCUT2D eigenvalue weighted by Gasteiger charge is 2.27. The number of rotatable bonds is 2. The molecule has 4 heteroatoms. The van der Waals surface area contributed by atoms with Crippen molar-refractivity contribution in [2.75, 3.05) is 5.73 Å². The minimum Gasteiger partial charge on any atom is -0.398 e. The highest BCUT2D eigenvalue weighted by Crippen LogP contribution is 2.29. The summed E-state index contributed by atoms with van der Waals surface area (Å²) in [4.78, 5) is 12.3. The van der Waals surface area contributed by atoms with Crippen LogP contribution >= 0.6 is 15.9 Å². The van der Waals surface area contributed by atoms with Crippen molar-refractivity contribution < 1.29 is 4.79 Å². The van der Waals surface area contributed by atoms with E-state index in [9.17, 15) is 4.79 Å². The second-order valence-corrected chi connectivity index (χ2v) is 6.62. The molecule has 0 bridgehead atoms. The highest BCUT2D eigenvalue weighted by molar-refractivity contribution is 9.10. The molecule has 1 aromatic rings. The summed E-state index contributed by atoms with van der Waals surface area (Å²) in [5, 5.41) is 3.13. The lowest BCUT2D eigenvalue weighted by atomic mass is 9.80. The Bertz CT molecular complexity index is 475. The Labute approximate surface area is 123 Å². The first kappa shape index (κ1) is 14.4. The van der Waals surface area contributed by atoms with Crippen molar-refractivity contribution >= 4 is 27.5 Å². The highest BCUT2D eigenvalue weighted by atomic mass is 79.9. The largest absolute Gasteiger partial charge is 0.398 e. The Morgan fingerprint density at radius 2 is 2.11 bits per heavy atom. The lowest BCUT2D eigenvalue weighted by molar-refractivity contribution is 0.0900. The molecule has 0 aliphatic heterocycles. The van der Waals surface area contributed by atoms with Crippen LogP contribution in [0.15, 0.2) is 22.7 Å². The molecule has 0 spiro atoms. The standard InChI is InChI=1S/C15H21BrN2O/c1-9-3-6-14(10(2)7-9)18-15(19)12-5-4-11(16)8-13(12)17/h4-5,8-10,14H,3,6-7,17H2,1-2H3,(H,18,19). The van der Waals surface area contributed by atoms with Gasteiger partial charge in [-0.15, -0.1) is 0 Å². The second-order valence-electron chi connectivity index (χ2n) is 5.71. The number of carbonyl (C=O) groups is 1. The van der Waals surface area contributed by atoms with Crippen LogP contribution in [0.4, 0.5) is 5.69 Å². The van der Waals surface area contributed by atoms with Crippen LogP contribution in [0.2, 0.25) is 0 Å². The molecule has 1 fully saturated rings. The SMILES string of the molecule is CC1CCC(NC(=O)c2ccc(Br)cc2N)C(C)C1. The summed E-state index contributed by atoms with van der Waals surface area (Å²) < 4.78 is 0.890. The van der Waals surface area contributed by atoms with E-state index in [0.717, 1.165) is 16.8 Å². The van der Waals surface area contributed by atoms with Crippen molar-refractivity contribution in [3.8, 4) is 0 Å². The maximum atomic E-state index is 12.3. The van der Waals surface area contributed by atoms with Crippen molar-refractivity contribution in [2.45, 2.75) is 39.2 Å². The monoisotopic (exact) mass is 324 g/mol. The summed E-state index contributed by atoms with van der Waals surface area (Å²) in [6.45, 7) is 4.49. The first-order chi connectivity index (χ1) is 8.97. The average Bonchev–Trinajstić information content (AvgIpc) is 2.32. The Morgan fingerprint density at radius 1 is 1.37 bits per heavy atom.